The summed E-state index contributed by atoms with van der Waals surface area (Å²) in [6.07, 6.45) is 1.41. The Bertz CT molecular complexity index is 944. The van der Waals surface area contributed by atoms with Gasteiger partial charge in [0.25, 0.3) is 11.8 Å². The highest BCUT2D eigenvalue weighted by Gasteiger charge is 2.17. The van der Waals surface area contributed by atoms with Gasteiger partial charge < -0.3 is 24.3 Å². The third-order valence-electron chi connectivity index (χ3n) is 3.78. The molecule has 0 saturated heterocycles. The van der Waals surface area contributed by atoms with Crippen LogP contribution in [-0.4, -0.2) is 24.1 Å². The van der Waals surface area contributed by atoms with Gasteiger partial charge in [0.15, 0.2) is 11.5 Å². The second-order valence-electron chi connectivity index (χ2n) is 6.07. The summed E-state index contributed by atoms with van der Waals surface area (Å²) in [5.41, 5.74) is 1.03. The highest BCUT2D eigenvalue weighted by atomic mass is 16.5. The van der Waals surface area contributed by atoms with E-state index in [9.17, 15) is 9.59 Å². The third kappa shape index (κ3) is 4.17. The molecule has 0 aliphatic heterocycles. The van der Waals surface area contributed by atoms with Crippen LogP contribution < -0.4 is 15.4 Å². The predicted molar refractivity (Wildman–Crippen MR) is 98.2 cm³/mol. The van der Waals surface area contributed by atoms with Gasteiger partial charge in [-0.1, -0.05) is 19.0 Å². The van der Waals surface area contributed by atoms with Gasteiger partial charge in [0.05, 0.1) is 19.1 Å². The topological polar surface area (TPSA) is 107 Å². The lowest BCUT2D eigenvalue weighted by atomic mass is 10.1. The van der Waals surface area contributed by atoms with E-state index in [1.54, 1.807) is 36.4 Å². The number of methoxy groups -OCH3 is 1. The molecule has 0 fully saturated rings. The van der Waals surface area contributed by atoms with Gasteiger partial charge in [-0.25, -0.2) is 0 Å². The summed E-state index contributed by atoms with van der Waals surface area (Å²) in [5, 5.41) is 9.19. The van der Waals surface area contributed by atoms with Crippen LogP contribution in [0.2, 0.25) is 0 Å². The largest absolute Gasteiger partial charge is 0.495 e. The molecule has 3 aromatic rings. The summed E-state index contributed by atoms with van der Waals surface area (Å²) in [6.45, 7) is 3.89. The van der Waals surface area contributed by atoms with E-state index in [-0.39, 0.29) is 17.4 Å². The lowest BCUT2D eigenvalue weighted by Crippen LogP contribution is -2.14. The Morgan fingerprint density at radius 3 is 2.56 bits per heavy atom. The Kier molecular flexibility index (Phi) is 5.25. The summed E-state index contributed by atoms with van der Waals surface area (Å²) in [7, 11) is 1.49. The number of nitrogens with zero attached hydrogens (tertiary/aromatic N) is 1. The fraction of sp³-hybridized carbons (Fsp3) is 0.211. The molecule has 3 rings (SSSR count). The number of furan rings is 1. The van der Waals surface area contributed by atoms with E-state index in [0.717, 1.165) is 0 Å². The number of benzene rings is 1. The number of aromatic nitrogens is 1. The van der Waals surface area contributed by atoms with E-state index in [0.29, 0.717) is 22.9 Å². The van der Waals surface area contributed by atoms with Crippen LogP contribution in [0.25, 0.3) is 0 Å². The van der Waals surface area contributed by atoms with Gasteiger partial charge in [0.1, 0.15) is 11.5 Å². The molecular formula is C19H19N3O5. The average Bonchev–Trinajstić information content (AvgIpc) is 3.34. The summed E-state index contributed by atoms with van der Waals surface area (Å²) in [5.74, 6) is 0.510. The van der Waals surface area contributed by atoms with Crippen LogP contribution in [0.15, 0.2) is 51.6 Å². The van der Waals surface area contributed by atoms with Gasteiger partial charge in [-0.15, -0.1) is 0 Å². The van der Waals surface area contributed by atoms with Crippen molar-refractivity contribution in [3.05, 3.63) is 59.9 Å². The summed E-state index contributed by atoms with van der Waals surface area (Å²) >= 11 is 0. The normalized spacial score (nSPS) is 10.7. The van der Waals surface area contributed by atoms with Crippen molar-refractivity contribution in [2.75, 3.05) is 17.7 Å². The van der Waals surface area contributed by atoms with E-state index in [4.69, 9.17) is 13.7 Å². The number of ether oxygens (including phenoxy) is 1. The number of nitrogens with one attached hydrogen (secondary N) is 2. The summed E-state index contributed by atoms with van der Waals surface area (Å²) in [4.78, 5) is 24.6. The molecule has 0 unspecified atom stereocenters. The van der Waals surface area contributed by atoms with Crippen molar-refractivity contribution in [2.45, 2.75) is 19.8 Å². The lowest BCUT2D eigenvalue weighted by Gasteiger charge is -2.12. The minimum atomic E-state index is -0.431. The fourth-order valence-corrected chi connectivity index (χ4v) is 2.34. The number of rotatable bonds is 6. The zero-order chi connectivity index (χ0) is 19.4. The third-order valence-corrected chi connectivity index (χ3v) is 3.78. The zero-order valence-electron chi connectivity index (χ0n) is 15.1. The van der Waals surface area contributed by atoms with Crippen molar-refractivity contribution >= 4 is 23.2 Å². The molecule has 0 radical (unpaired) electrons. The molecule has 2 heterocycles. The van der Waals surface area contributed by atoms with E-state index >= 15 is 0 Å². The van der Waals surface area contributed by atoms with Gasteiger partial charge >= 0.3 is 0 Å². The van der Waals surface area contributed by atoms with Gasteiger partial charge in [-0.05, 0) is 30.3 Å². The van der Waals surface area contributed by atoms with Crippen LogP contribution in [-0.2, 0) is 0 Å². The minimum Gasteiger partial charge on any atom is -0.495 e. The number of hydrogen-bond acceptors (Lipinski definition) is 6. The molecule has 0 aliphatic carbocycles. The Morgan fingerprint density at radius 2 is 1.93 bits per heavy atom. The van der Waals surface area contributed by atoms with Crippen LogP contribution in [0.5, 0.6) is 5.75 Å². The maximum atomic E-state index is 12.4. The van der Waals surface area contributed by atoms with E-state index < -0.39 is 11.8 Å². The van der Waals surface area contributed by atoms with Crippen LogP contribution in [0.4, 0.5) is 11.4 Å². The number of carbonyl (C=O) groups is 2. The minimum absolute atomic E-state index is 0.128. The number of anilines is 2. The maximum absolute atomic E-state index is 12.4. The van der Waals surface area contributed by atoms with Crippen molar-refractivity contribution in [3.63, 3.8) is 0 Å². The lowest BCUT2D eigenvalue weighted by molar-refractivity contribution is 0.0994. The highest BCUT2D eigenvalue weighted by Crippen LogP contribution is 2.28. The molecule has 140 valence electrons. The molecule has 2 N–H and O–H groups in total. The summed E-state index contributed by atoms with van der Waals surface area (Å²) < 4.78 is 15.5. The monoisotopic (exact) mass is 369 g/mol. The van der Waals surface area contributed by atoms with Gasteiger partial charge in [0, 0.05) is 17.7 Å². The van der Waals surface area contributed by atoms with Crippen LogP contribution >= 0.6 is 0 Å². The molecule has 27 heavy (non-hydrogen) atoms. The van der Waals surface area contributed by atoms with Crippen molar-refractivity contribution in [2.24, 2.45) is 0 Å². The molecule has 8 heteroatoms. The fourth-order valence-electron chi connectivity index (χ4n) is 2.34. The van der Waals surface area contributed by atoms with E-state index in [2.05, 4.69) is 15.8 Å². The molecule has 8 nitrogen and oxygen atoms in total. The standard InChI is InChI=1S/C19H19N3O5/c1-11(2)17-10-14(22-27-17)18(23)20-12-6-7-15(25-3)13(9-12)21-19(24)16-5-4-8-26-16/h4-11H,1-3H3,(H,20,23)(H,21,24). The highest BCUT2D eigenvalue weighted by molar-refractivity contribution is 6.05. The first-order valence-electron chi connectivity index (χ1n) is 8.28. The molecule has 0 atom stereocenters. The molecule has 0 spiro atoms. The Labute approximate surface area is 155 Å². The first-order valence-corrected chi connectivity index (χ1v) is 8.28. The predicted octanol–water partition coefficient (Wildman–Crippen LogP) is 3.90. The second-order valence-corrected chi connectivity index (χ2v) is 6.07. The Morgan fingerprint density at radius 1 is 1.11 bits per heavy atom. The van der Waals surface area contributed by atoms with Gasteiger partial charge in [-0.3, -0.25) is 9.59 Å². The smallest absolute Gasteiger partial charge is 0.291 e. The Hall–Kier alpha value is -3.55. The molecule has 1 aromatic carbocycles. The first-order chi connectivity index (χ1) is 13.0. The first kappa shape index (κ1) is 18.2. The maximum Gasteiger partial charge on any atom is 0.291 e. The molecule has 0 bridgehead atoms. The molecular weight excluding hydrogens is 350 g/mol. The van der Waals surface area contributed by atoms with Crippen molar-refractivity contribution in [3.8, 4) is 5.75 Å². The van der Waals surface area contributed by atoms with Crippen molar-refractivity contribution < 1.29 is 23.3 Å². The SMILES string of the molecule is COc1ccc(NC(=O)c2cc(C(C)C)on2)cc1NC(=O)c1ccco1. The molecule has 0 aliphatic rings. The quantitative estimate of drug-likeness (QED) is 0.682. The zero-order valence-corrected chi connectivity index (χ0v) is 15.1. The Balaban J connectivity index is 1.77. The van der Waals surface area contributed by atoms with Crippen molar-refractivity contribution in [1.82, 2.24) is 5.16 Å². The average molecular weight is 369 g/mol. The number of amides is 2. The van der Waals surface area contributed by atoms with Gasteiger partial charge in [0.2, 0.25) is 0 Å². The van der Waals surface area contributed by atoms with E-state index in [1.807, 2.05) is 13.8 Å². The number of hydrogen-bond donors (Lipinski definition) is 2. The number of carbonyl (C=O) groups excluding carboxylic acids is 2. The van der Waals surface area contributed by atoms with Crippen molar-refractivity contribution in [1.29, 1.82) is 0 Å². The van der Waals surface area contributed by atoms with Crippen LogP contribution in [0.3, 0.4) is 0 Å². The molecule has 0 saturated carbocycles. The van der Waals surface area contributed by atoms with E-state index in [1.165, 1.54) is 13.4 Å². The second kappa shape index (κ2) is 7.77. The summed E-state index contributed by atoms with van der Waals surface area (Å²) in [6, 6.07) is 9.64. The molecule has 2 amide bonds. The van der Waals surface area contributed by atoms with Gasteiger partial charge in [-0.2, -0.15) is 0 Å². The molecule has 2 aromatic heterocycles. The van der Waals surface area contributed by atoms with Crippen LogP contribution in [0.1, 0.15) is 46.6 Å². The van der Waals surface area contributed by atoms with Crippen LogP contribution in [0, 0.1) is 0 Å².